The summed E-state index contributed by atoms with van der Waals surface area (Å²) in [4.78, 5) is 4.67. The van der Waals surface area contributed by atoms with Gasteiger partial charge in [-0.2, -0.15) is 0 Å². The third-order valence-corrected chi connectivity index (χ3v) is 8.20. The minimum absolute atomic E-state index is 0.403. The van der Waals surface area contributed by atoms with Crippen molar-refractivity contribution >= 4 is 11.4 Å². The second kappa shape index (κ2) is 9.79. The molecule has 2 aromatic carbocycles. The minimum Gasteiger partial charge on any atom is -0.462 e. The maximum Gasteiger partial charge on any atom is 0.208 e. The summed E-state index contributed by atoms with van der Waals surface area (Å²) >= 11 is 0. The zero-order valence-electron chi connectivity index (χ0n) is 22.8. The predicted molar refractivity (Wildman–Crippen MR) is 145 cm³/mol. The van der Waals surface area contributed by atoms with Gasteiger partial charge in [-0.3, -0.25) is 0 Å². The van der Waals surface area contributed by atoms with Gasteiger partial charge in [0.05, 0.1) is 13.2 Å². The molecule has 0 saturated carbocycles. The lowest BCUT2D eigenvalue weighted by Crippen LogP contribution is -2.33. The standard InChI is InChI=1S/2C15H21NO2/c2*1-4-16(5-2)12-6-7-13-11-9-15(3,17-10-11)18-14(13)8-12/h2*6-8,11H,4-5,9-10H2,1-3H3/t2*11-,15+/m11/s1. The fourth-order valence-corrected chi connectivity index (χ4v) is 6.16. The summed E-state index contributed by atoms with van der Waals surface area (Å²) < 4.78 is 23.6. The first-order valence-electron chi connectivity index (χ1n) is 13.7. The third kappa shape index (κ3) is 4.66. The average molecular weight is 495 g/mol. The van der Waals surface area contributed by atoms with E-state index in [2.05, 4.69) is 73.9 Å². The molecule has 4 aliphatic heterocycles. The first-order chi connectivity index (χ1) is 17.3. The Balaban J connectivity index is 0.000000148. The van der Waals surface area contributed by atoms with Gasteiger partial charge in [-0.15, -0.1) is 0 Å². The van der Waals surface area contributed by atoms with E-state index >= 15 is 0 Å². The number of hydrogen-bond acceptors (Lipinski definition) is 6. The second-order valence-electron chi connectivity index (χ2n) is 10.7. The van der Waals surface area contributed by atoms with Crippen molar-refractivity contribution in [2.75, 3.05) is 49.2 Å². The van der Waals surface area contributed by atoms with Gasteiger partial charge in [-0.25, -0.2) is 0 Å². The van der Waals surface area contributed by atoms with E-state index in [1.54, 1.807) is 0 Å². The van der Waals surface area contributed by atoms with Crippen LogP contribution in [0.3, 0.4) is 0 Å². The summed E-state index contributed by atoms with van der Waals surface area (Å²) in [5, 5.41) is 0. The zero-order chi connectivity index (χ0) is 25.5. The average Bonchev–Trinajstić information content (AvgIpc) is 3.36. The summed E-state index contributed by atoms with van der Waals surface area (Å²) in [5.74, 6) is 2.22. The van der Waals surface area contributed by atoms with Crippen LogP contribution in [0, 0.1) is 0 Å². The van der Waals surface area contributed by atoms with Gasteiger partial charge in [0, 0.05) is 99.3 Å². The molecule has 36 heavy (non-hydrogen) atoms. The molecule has 2 fully saturated rings. The smallest absolute Gasteiger partial charge is 0.208 e. The number of hydrogen-bond donors (Lipinski definition) is 0. The lowest BCUT2D eigenvalue weighted by atomic mass is 9.91. The third-order valence-electron chi connectivity index (χ3n) is 8.20. The van der Waals surface area contributed by atoms with Crippen molar-refractivity contribution in [2.24, 2.45) is 0 Å². The van der Waals surface area contributed by atoms with Crippen LogP contribution >= 0.6 is 0 Å². The monoisotopic (exact) mass is 494 g/mol. The summed E-state index contributed by atoms with van der Waals surface area (Å²) in [6, 6.07) is 13.2. The molecular weight excluding hydrogens is 452 g/mol. The molecule has 6 rings (SSSR count). The predicted octanol–water partition coefficient (Wildman–Crippen LogP) is 6.29. The Bertz CT molecular complexity index is 997. The molecule has 4 atom stereocenters. The van der Waals surface area contributed by atoms with Gasteiger partial charge in [0.15, 0.2) is 0 Å². The lowest BCUT2D eigenvalue weighted by molar-refractivity contribution is -0.134. The maximum absolute atomic E-state index is 6.04. The van der Waals surface area contributed by atoms with Crippen LogP contribution in [0.15, 0.2) is 36.4 Å². The van der Waals surface area contributed by atoms with Crippen molar-refractivity contribution in [1.29, 1.82) is 0 Å². The van der Waals surface area contributed by atoms with E-state index in [0.29, 0.717) is 11.8 Å². The van der Waals surface area contributed by atoms with Crippen LogP contribution in [0.25, 0.3) is 0 Å². The normalized spacial score (nSPS) is 28.7. The van der Waals surface area contributed by atoms with Gasteiger partial charge < -0.3 is 28.7 Å². The maximum atomic E-state index is 6.04. The van der Waals surface area contributed by atoms with Crippen molar-refractivity contribution in [1.82, 2.24) is 0 Å². The first-order valence-corrected chi connectivity index (χ1v) is 13.7. The zero-order valence-corrected chi connectivity index (χ0v) is 22.8. The molecule has 6 nitrogen and oxygen atoms in total. The summed E-state index contributed by atoms with van der Waals surface area (Å²) in [7, 11) is 0. The Morgan fingerprint density at radius 2 is 1.06 bits per heavy atom. The number of fused-ring (bicyclic) bond motifs is 8. The Labute approximate surface area is 216 Å². The van der Waals surface area contributed by atoms with Crippen molar-refractivity contribution in [3.8, 4) is 11.5 Å². The Morgan fingerprint density at radius 3 is 1.42 bits per heavy atom. The molecule has 2 aromatic rings. The van der Waals surface area contributed by atoms with Gasteiger partial charge in [0.2, 0.25) is 11.6 Å². The quantitative estimate of drug-likeness (QED) is 0.470. The lowest BCUT2D eigenvalue weighted by Gasteiger charge is -2.31. The van der Waals surface area contributed by atoms with Crippen molar-refractivity contribution in [3.05, 3.63) is 47.5 Å². The molecule has 0 aliphatic carbocycles. The number of anilines is 2. The van der Waals surface area contributed by atoms with Gasteiger partial charge in [0.1, 0.15) is 11.5 Å². The molecule has 0 amide bonds. The second-order valence-corrected chi connectivity index (χ2v) is 10.7. The Kier molecular flexibility index (Phi) is 6.86. The SMILES string of the molecule is CCN(CC)c1ccc2c(c1)O[C@@]1(C)C[C@@H]2CO1.CCN(CC)c1ccc2c(c1)O[C@@]1(C)C[C@@H]2CO1. The molecule has 4 heterocycles. The molecule has 4 aliphatic rings. The summed E-state index contributed by atoms with van der Waals surface area (Å²) in [6.07, 6.45) is 1.95. The van der Waals surface area contributed by atoms with E-state index in [0.717, 1.165) is 63.7 Å². The fraction of sp³-hybridized carbons (Fsp3) is 0.600. The van der Waals surface area contributed by atoms with Gasteiger partial charge >= 0.3 is 0 Å². The minimum atomic E-state index is -0.403. The van der Waals surface area contributed by atoms with E-state index in [4.69, 9.17) is 18.9 Å². The topological polar surface area (TPSA) is 43.4 Å². The number of benzene rings is 2. The molecule has 4 bridgehead atoms. The molecule has 0 spiro atoms. The van der Waals surface area contributed by atoms with Crippen LogP contribution in [-0.4, -0.2) is 51.0 Å². The summed E-state index contributed by atoms with van der Waals surface area (Å²) in [5.41, 5.74) is 5.09. The van der Waals surface area contributed by atoms with Gasteiger partial charge in [-0.1, -0.05) is 12.1 Å². The molecule has 0 radical (unpaired) electrons. The Morgan fingerprint density at radius 1 is 0.667 bits per heavy atom. The van der Waals surface area contributed by atoms with Crippen LogP contribution in [0.1, 0.15) is 77.3 Å². The first kappa shape index (κ1) is 25.2. The highest BCUT2D eigenvalue weighted by Crippen LogP contribution is 2.48. The molecule has 0 aromatic heterocycles. The van der Waals surface area contributed by atoms with Crippen LogP contribution in [0.2, 0.25) is 0 Å². The fourth-order valence-electron chi connectivity index (χ4n) is 6.16. The molecule has 0 N–H and O–H groups in total. The van der Waals surface area contributed by atoms with Crippen LogP contribution in [0.4, 0.5) is 11.4 Å². The van der Waals surface area contributed by atoms with Gasteiger partial charge in [-0.05, 0) is 39.8 Å². The highest BCUT2D eigenvalue weighted by atomic mass is 16.7. The van der Waals surface area contributed by atoms with E-state index in [1.807, 2.05) is 13.8 Å². The van der Waals surface area contributed by atoms with E-state index < -0.39 is 11.6 Å². The van der Waals surface area contributed by atoms with E-state index in [1.165, 1.54) is 22.5 Å². The molecule has 196 valence electrons. The molecular formula is C30H42N2O4. The largest absolute Gasteiger partial charge is 0.462 e. The van der Waals surface area contributed by atoms with E-state index in [9.17, 15) is 0 Å². The van der Waals surface area contributed by atoms with E-state index in [-0.39, 0.29) is 0 Å². The summed E-state index contributed by atoms with van der Waals surface area (Å²) in [6.45, 7) is 18.5. The Hall–Kier alpha value is -2.44. The highest BCUT2D eigenvalue weighted by molar-refractivity contribution is 5.56. The van der Waals surface area contributed by atoms with Gasteiger partial charge in [0.25, 0.3) is 0 Å². The number of rotatable bonds is 6. The van der Waals surface area contributed by atoms with Crippen LogP contribution in [0.5, 0.6) is 11.5 Å². The van der Waals surface area contributed by atoms with Crippen molar-refractivity contribution in [3.63, 3.8) is 0 Å². The highest BCUT2D eigenvalue weighted by Gasteiger charge is 2.45. The van der Waals surface area contributed by atoms with Crippen LogP contribution in [-0.2, 0) is 9.47 Å². The number of ether oxygens (including phenoxy) is 4. The molecule has 0 unspecified atom stereocenters. The number of nitrogens with zero attached hydrogens (tertiary/aromatic N) is 2. The van der Waals surface area contributed by atoms with Crippen molar-refractivity contribution in [2.45, 2.75) is 77.8 Å². The molecule has 6 heteroatoms. The van der Waals surface area contributed by atoms with Crippen molar-refractivity contribution < 1.29 is 18.9 Å². The molecule has 2 saturated heterocycles. The van der Waals surface area contributed by atoms with Crippen LogP contribution < -0.4 is 19.3 Å².